The van der Waals surface area contributed by atoms with Crippen molar-refractivity contribution >= 4 is 22.4 Å². The lowest BCUT2D eigenvalue weighted by Gasteiger charge is -2.31. The van der Waals surface area contributed by atoms with E-state index in [0.29, 0.717) is 19.0 Å². The van der Waals surface area contributed by atoms with E-state index in [9.17, 15) is 4.79 Å². The third kappa shape index (κ3) is 3.76. The van der Waals surface area contributed by atoms with Crippen molar-refractivity contribution in [2.75, 3.05) is 18.4 Å². The predicted octanol–water partition coefficient (Wildman–Crippen LogP) is 3.53. The van der Waals surface area contributed by atoms with Crippen LogP contribution in [0.25, 0.3) is 0 Å². The first kappa shape index (κ1) is 14.8. The van der Waals surface area contributed by atoms with Gasteiger partial charge in [0.15, 0.2) is 0 Å². The third-order valence-corrected chi connectivity index (χ3v) is 4.42. The summed E-state index contributed by atoms with van der Waals surface area (Å²) in [6.45, 7) is 3.35. The Labute approximate surface area is 133 Å². The normalized spacial score (nSPS) is 15.6. The summed E-state index contributed by atoms with van der Waals surface area (Å²) < 4.78 is 5.90. The SMILES string of the molecule is Cc1cccc(OC2CCN(C(=O)Nc3cccs3)CC2)n1. The van der Waals surface area contributed by atoms with Gasteiger partial charge in [-0.25, -0.2) is 9.78 Å². The van der Waals surface area contributed by atoms with Crippen LogP contribution in [-0.2, 0) is 0 Å². The molecule has 2 aromatic heterocycles. The Balaban J connectivity index is 1.49. The van der Waals surface area contributed by atoms with Crippen molar-refractivity contribution in [1.82, 2.24) is 9.88 Å². The molecule has 1 aliphatic heterocycles. The summed E-state index contributed by atoms with van der Waals surface area (Å²) in [7, 11) is 0. The van der Waals surface area contributed by atoms with Crippen molar-refractivity contribution < 1.29 is 9.53 Å². The molecule has 3 rings (SSSR count). The standard InChI is InChI=1S/C16H19N3O2S/c1-12-4-2-5-14(17-12)21-13-7-9-19(10-8-13)16(20)18-15-6-3-11-22-15/h2-6,11,13H,7-10H2,1H3,(H,18,20). The Morgan fingerprint density at radius 3 is 2.82 bits per heavy atom. The summed E-state index contributed by atoms with van der Waals surface area (Å²) in [6.07, 6.45) is 1.78. The van der Waals surface area contributed by atoms with Crippen molar-refractivity contribution in [3.63, 3.8) is 0 Å². The van der Waals surface area contributed by atoms with E-state index in [1.54, 1.807) is 0 Å². The number of anilines is 1. The molecule has 0 radical (unpaired) electrons. The molecule has 5 nitrogen and oxygen atoms in total. The summed E-state index contributed by atoms with van der Waals surface area (Å²) >= 11 is 1.53. The maximum atomic E-state index is 12.1. The van der Waals surface area contributed by atoms with Gasteiger partial charge in [0.25, 0.3) is 0 Å². The molecule has 0 atom stereocenters. The number of nitrogens with zero attached hydrogens (tertiary/aromatic N) is 2. The summed E-state index contributed by atoms with van der Waals surface area (Å²) in [4.78, 5) is 18.3. The number of piperidine rings is 1. The van der Waals surface area contributed by atoms with E-state index < -0.39 is 0 Å². The number of aromatic nitrogens is 1. The van der Waals surface area contributed by atoms with Crippen LogP contribution >= 0.6 is 11.3 Å². The lowest BCUT2D eigenvalue weighted by Crippen LogP contribution is -2.43. The third-order valence-electron chi connectivity index (χ3n) is 3.63. The number of hydrogen-bond acceptors (Lipinski definition) is 4. The van der Waals surface area contributed by atoms with Gasteiger partial charge in [-0.3, -0.25) is 5.32 Å². The summed E-state index contributed by atoms with van der Waals surface area (Å²) in [6, 6.07) is 9.57. The zero-order chi connectivity index (χ0) is 15.4. The maximum absolute atomic E-state index is 12.1. The van der Waals surface area contributed by atoms with Crippen LogP contribution in [0.1, 0.15) is 18.5 Å². The molecule has 1 aliphatic rings. The second-order valence-electron chi connectivity index (χ2n) is 5.33. The molecule has 6 heteroatoms. The van der Waals surface area contributed by atoms with Crippen LogP contribution < -0.4 is 10.1 Å². The van der Waals surface area contributed by atoms with Crippen LogP contribution in [0, 0.1) is 6.92 Å². The van der Waals surface area contributed by atoms with E-state index in [2.05, 4.69) is 10.3 Å². The molecule has 0 bridgehead atoms. The molecule has 116 valence electrons. The number of carbonyl (C=O) groups is 1. The highest BCUT2D eigenvalue weighted by Crippen LogP contribution is 2.20. The van der Waals surface area contributed by atoms with Gasteiger partial charge >= 0.3 is 6.03 Å². The Bertz CT molecular complexity index is 622. The minimum atomic E-state index is -0.0328. The molecular formula is C16H19N3O2S. The van der Waals surface area contributed by atoms with Crippen molar-refractivity contribution in [3.05, 3.63) is 41.4 Å². The number of thiophene rings is 1. The molecule has 0 unspecified atom stereocenters. The second-order valence-corrected chi connectivity index (χ2v) is 6.28. The number of ether oxygens (including phenoxy) is 1. The Morgan fingerprint density at radius 2 is 2.14 bits per heavy atom. The Morgan fingerprint density at radius 1 is 1.32 bits per heavy atom. The van der Waals surface area contributed by atoms with Crippen molar-refractivity contribution in [1.29, 1.82) is 0 Å². The molecule has 1 N–H and O–H groups in total. The number of pyridine rings is 1. The smallest absolute Gasteiger partial charge is 0.322 e. The van der Waals surface area contributed by atoms with Gasteiger partial charge in [-0.1, -0.05) is 6.07 Å². The van der Waals surface area contributed by atoms with Crippen LogP contribution in [-0.4, -0.2) is 35.1 Å². The molecule has 0 aromatic carbocycles. The van der Waals surface area contributed by atoms with Crippen LogP contribution in [0.3, 0.4) is 0 Å². The molecule has 2 aromatic rings. The highest BCUT2D eigenvalue weighted by molar-refractivity contribution is 7.14. The fraction of sp³-hybridized carbons (Fsp3) is 0.375. The number of carbonyl (C=O) groups excluding carboxylic acids is 1. The molecule has 3 heterocycles. The van der Waals surface area contributed by atoms with Crippen molar-refractivity contribution in [2.45, 2.75) is 25.9 Å². The van der Waals surface area contributed by atoms with Gasteiger partial charge in [0.2, 0.25) is 5.88 Å². The van der Waals surface area contributed by atoms with E-state index in [1.807, 2.05) is 47.5 Å². The maximum Gasteiger partial charge on any atom is 0.322 e. The van der Waals surface area contributed by atoms with Crippen LogP contribution in [0.5, 0.6) is 5.88 Å². The second kappa shape index (κ2) is 6.79. The van der Waals surface area contributed by atoms with E-state index in [0.717, 1.165) is 23.5 Å². The van der Waals surface area contributed by atoms with E-state index in [1.165, 1.54) is 11.3 Å². The number of aryl methyl sites for hydroxylation is 1. The largest absolute Gasteiger partial charge is 0.474 e. The first-order valence-electron chi connectivity index (χ1n) is 7.40. The molecule has 22 heavy (non-hydrogen) atoms. The van der Waals surface area contributed by atoms with Gasteiger partial charge in [-0.05, 0) is 30.5 Å². The lowest BCUT2D eigenvalue weighted by molar-refractivity contribution is 0.111. The zero-order valence-corrected chi connectivity index (χ0v) is 13.3. The van der Waals surface area contributed by atoms with Crippen LogP contribution in [0.2, 0.25) is 0 Å². The quantitative estimate of drug-likeness (QED) is 0.942. The summed E-state index contributed by atoms with van der Waals surface area (Å²) in [5.41, 5.74) is 0.949. The van der Waals surface area contributed by atoms with Gasteiger partial charge in [0.1, 0.15) is 6.10 Å². The molecule has 1 fully saturated rings. The fourth-order valence-corrected chi connectivity index (χ4v) is 3.07. The fourth-order valence-electron chi connectivity index (χ4n) is 2.47. The predicted molar refractivity (Wildman–Crippen MR) is 87.5 cm³/mol. The molecule has 0 saturated carbocycles. The van der Waals surface area contributed by atoms with Crippen LogP contribution in [0.4, 0.5) is 9.80 Å². The zero-order valence-electron chi connectivity index (χ0n) is 12.5. The molecular weight excluding hydrogens is 298 g/mol. The number of nitrogens with one attached hydrogen (secondary N) is 1. The number of rotatable bonds is 3. The first-order valence-corrected chi connectivity index (χ1v) is 8.28. The Kier molecular flexibility index (Phi) is 4.58. The summed E-state index contributed by atoms with van der Waals surface area (Å²) in [5.74, 6) is 0.668. The van der Waals surface area contributed by atoms with Gasteiger partial charge in [0, 0.05) is 37.7 Å². The molecule has 0 spiro atoms. The minimum Gasteiger partial charge on any atom is -0.474 e. The van der Waals surface area contributed by atoms with Gasteiger partial charge in [0.05, 0.1) is 5.00 Å². The van der Waals surface area contributed by atoms with Crippen molar-refractivity contribution in [2.24, 2.45) is 0 Å². The number of hydrogen-bond donors (Lipinski definition) is 1. The first-order chi connectivity index (χ1) is 10.7. The van der Waals surface area contributed by atoms with E-state index in [4.69, 9.17) is 4.74 Å². The molecule has 2 amide bonds. The Hall–Kier alpha value is -2.08. The highest BCUT2D eigenvalue weighted by atomic mass is 32.1. The lowest BCUT2D eigenvalue weighted by atomic mass is 10.1. The minimum absolute atomic E-state index is 0.0328. The average molecular weight is 317 g/mol. The number of likely N-dealkylation sites (tertiary alicyclic amines) is 1. The average Bonchev–Trinajstić information content (AvgIpc) is 3.01. The molecule has 0 aliphatic carbocycles. The van der Waals surface area contributed by atoms with Gasteiger partial charge < -0.3 is 9.64 Å². The highest BCUT2D eigenvalue weighted by Gasteiger charge is 2.24. The monoisotopic (exact) mass is 317 g/mol. The topological polar surface area (TPSA) is 54.5 Å². The van der Waals surface area contributed by atoms with Crippen molar-refractivity contribution in [3.8, 4) is 5.88 Å². The van der Waals surface area contributed by atoms with Gasteiger partial charge in [-0.15, -0.1) is 11.3 Å². The van der Waals surface area contributed by atoms with Gasteiger partial charge in [-0.2, -0.15) is 0 Å². The van der Waals surface area contributed by atoms with Crippen LogP contribution in [0.15, 0.2) is 35.7 Å². The number of amides is 2. The van der Waals surface area contributed by atoms with E-state index in [-0.39, 0.29) is 12.1 Å². The molecule has 1 saturated heterocycles. The summed E-state index contributed by atoms with van der Waals surface area (Å²) in [5, 5.41) is 5.75. The number of urea groups is 1. The van der Waals surface area contributed by atoms with E-state index >= 15 is 0 Å².